The van der Waals surface area contributed by atoms with E-state index < -0.39 is 0 Å². The van der Waals surface area contributed by atoms with Gasteiger partial charge in [-0.15, -0.1) is 0 Å². The maximum absolute atomic E-state index is 11.7. The van der Waals surface area contributed by atoms with Crippen molar-refractivity contribution in [3.05, 3.63) is 22.4 Å². The molecular formula is C19H38AlN3O. The number of hydrogen-bond acceptors (Lipinski definition) is 2. The zero-order chi connectivity index (χ0) is 18.1. The minimum atomic E-state index is 0.0469. The topological polar surface area (TPSA) is 49.8 Å². The zero-order valence-electron chi connectivity index (χ0n) is 16.7. The molecule has 5 heteroatoms. The predicted molar refractivity (Wildman–Crippen MR) is 107 cm³/mol. The molecule has 1 saturated heterocycles. The molecule has 0 aliphatic carbocycles. The molecular weight excluding hydrogens is 313 g/mol. The van der Waals surface area contributed by atoms with E-state index >= 15 is 0 Å². The molecule has 1 aliphatic heterocycles. The molecule has 4 nitrogen and oxygen atoms in total. The number of nitrogens with one attached hydrogen (secondary N) is 2. The van der Waals surface area contributed by atoms with Gasteiger partial charge in [0.05, 0.1) is 0 Å². The summed E-state index contributed by atoms with van der Waals surface area (Å²) in [7, 11) is 0. The second-order valence-electron chi connectivity index (χ2n) is 8.28. The Kier molecular flexibility index (Phi) is 10.0. The van der Waals surface area contributed by atoms with Gasteiger partial charge < -0.3 is 10.3 Å². The molecule has 0 bridgehead atoms. The van der Waals surface area contributed by atoms with Crippen LogP contribution < -0.4 is 11.0 Å². The van der Waals surface area contributed by atoms with Crippen LogP contribution in [0.3, 0.4) is 0 Å². The van der Waals surface area contributed by atoms with Gasteiger partial charge in [-0.3, -0.25) is 4.57 Å². The third-order valence-electron chi connectivity index (χ3n) is 4.65. The van der Waals surface area contributed by atoms with Gasteiger partial charge in [0.15, 0.2) is 0 Å². The van der Waals surface area contributed by atoms with Gasteiger partial charge in [-0.25, -0.2) is 4.79 Å². The van der Waals surface area contributed by atoms with E-state index in [1.54, 1.807) is 0 Å². The average Bonchev–Trinajstić information content (AvgIpc) is 2.90. The summed E-state index contributed by atoms with van der Waals surface area (Å²) in [6.07, 6.45) is 4.09. The number of hydrogen-bond donors (Lipinski definition) is 2. The van der Waals surface area contributed by atoms with Crippen molar-refractivity contribution in [2.75, 3.05) is 13.1 Å². The summed E-state index contributed by atoms with van der Waals surface area (Å²) >= 11 is 0.316. The molecule has 0 unspecified atom stereocenters. The molecule has 0 amide bonds. The second-order valence-corrected chi connectivity index (χ2v) is 10.1. The summed E-state index contributed by atoms with van der Waals surface area (Å²) < 4.78 is 1.87. The largest absolute Gasteiger partial charge is 0.325 e. The lowest BCUT2D eigenvalue weighted by Crippen LogP contribution is -2.32. The fourth-order valence-electron chi connectivity index (χ4n) is 3.01. The molecule has 2 rings (SSSR count). The monoisotopic (exact) mass is 351 g/mol. The lowest BCUT2D eigenvalue weighted by Gasteiger charge is -2.22. The van der Waals surface area contributed by atoms with Crippen LogP contribution in [0.25, 0.3) is 0 Å². The van der Waals surface area contributed by atoms with Crippen LogP contribution in [0, 0.1) is 11.8 Å². The summed E-state index contributed by atoms with van der Waals surface area (Å²) in [6, 6.07) is 0.377. The minimum absolute atomic E-state index is 0.0469. The lowest BCUT2D eigenvalue weighted by atomic mass is 10.1. The van der Waals surface area contributed by atoms with Gasteiger partial charge in [0, 0.05) is 17.9 Å². The fourth-order valence-corrected chi connectivity index (χ4v) is 4.88. The highest BCUT2D eigenvalue weighted by Crippen LogP contribution is 2.18. The molecule has 0 aromatic carbocycles. The van der Waals surface area contributed by atoms with Gasteiger partial charge >= 0.3 is 5.69 Å². The van der Waals surface area contributed by atoms with Crippen LogP contribution in [0.4, 0.5) is 0 Å². The maximum Gasteiger partial charge on any atom is 0.325 e. The summed E-state index contributed by atoms with van der Waals surface area (Å²) in [5.74, 6) is 2.30. The van der Waals surface area contributed by atoms with E-state index in [-0.39, 0.29) is 5.69 Å². The van der Waals surface area contributed by atoms with Crippen molar-refractivity contribution in [1.82, 2.24) is 14.9 Å². The lowest BCUT2D eigenvalue weighted by molar-refractivity contribution is 0.361. The number of aromatic nitrogens is 2. The molecule has 24 heavy (non-hydrogen) atoms. The van der Waals surface area contributed by atoms with Crippen LogP contribution in [0.2, 0.25) is 10.6 Å². The highest BCUT2D eigenvalue weighted by molar-refractivity contribution is 6.35. The quantitative estimate of drug-likeness (QED) is 0.766. The number of nitrogens with zero attached hydrogens (tertiary/aromatic N) is 1. The maximum atomic E-state index is 11.7. The normalized spacial score (nSPS) is 15.7. The Bertz CT molecular complexity index is 491. The number of rotatable bonds is 6. The molecule has 1 fully saturated rings. The number of piperidine rings is 1. The molecule has 138 valence electrons. The van der Waals surface area contributed by atoms with Crippen molar-refractivity contribution in [3.8, 4) is 0 Å². The molecule has 1 aromatic heterocycles. The molecule has 0 saturated carbocycles. The van der Waals surface area contributed by atoms with Gasteiger partial charge in [-0.2, -0.15) is 0 Å². The van der Waals surface area contributed by atoms with Gasteiger partial charge in [-0.05, 0) is 31.8 Å². The summed E-state index contributed by atoms with van der Waals surface area (Å²) in [6.45, 7) is 15.5. The predicted octanol–water partition coefficient (Wildman–Crippen LogP) is 3.80. The van der Waals surface area contributed by atoms with Gasteiger partial charge in [-0.1, -0.05) is 63.9 Å². The van der Waals surface area contributed by atoms with Crippen molar-refractivity contribution < 1.29 is 0 Å². The highest BCUT2D eigenvalue weighted by Gasteiger charge is 2.17. The van der Waals surface area contributed by atoms with Crippen LogP contribution in [0.15, 0.2) is 11.0 Å². The van der Waals surface area contributed by atoms with E-state index in [0.717, 1.165) is 43.5 Å². The van der Waals surface area contributed by atoms with Crippen LogP contribution in [-0.4, -0.2) is 37.9 Å². The van der Waals surface area contributed by atoms with Crippen LogP contribution in [-0.2, 0) is 0 Å². The summed E-state index contributed by atoms with van der Waals surface area (Å²) in [5, 5.41) is 6.39. The van der Waals surface area contributed by atoms with Crippen molar-refractivity contribution in [1.29, 1.82) is 0 Å². The highest BCUT2D eigenvalue weighted by atomic mass is 27.1. The van der Waals surface area contributed by atoms with Crippen molar-refractivity contribution >= 4 is 15.2 Å². The fraction of sp³-hybridized carbons (Fsp3) is 0.842. The van der Waals surface area contributed by atoms with E-state index in [1.165, 1.54) is 10.6 Å². The second kappa shape index (κ2) is 11.2. The molecule has 2 heterocycles. The number of H-pyrrole nitrogens is 1. The molecule has 1 aromatic rings. The molecule has 2 N–H and O–H groups in total. The van der Waals surface area contributed by atoms with E-state index in [9.17, 15) is 4.79 Å². The number of imidazole rings is 1. The standard InChI is InChI=1S/C11H19N3O.2C4H9.Al.H/c1-8(2)10-7-14(11(15)13-10)9-3-5-12-6-4-9;2*1-4(2)3;;/h7-9,12H,3-6H2,1-2H3,(H,13,15);2*4H,1H2,2-3H3;;. The van der Waals surface area contributed by atoms with E-state index in [1.807, 2.05) is 10.8 Å². The number of aromatic amines is 1. The smallest absolute Gasteiger partial charge is 0.317 e. The molecule has 0 spiro atoms. The van der Waals surface area contributed by atoms with Crippen LogP contribution >= 0.6 is 0 Å². The van der Waals surface area contributed by atoms with E-state index in [2.05, 4.69) is 51.8 Å². The summed E-state index contributed by atoms with van der Waals surface area (Å²) in [5.41, 5.74) is 1.09. The van der Waals surface area contributed by atoms with Gasteiger partial charge in [0.25, 0.3) is 0 Å². The SMILES string of the molecule is CC(C)[CH2][AlH][CH2]C(C)C.CC(C)c1cn(C2CCNCC2)c(=O)[nH]1. The molecule has 0 atom stereocenters. The molecule has 1 aliphatic rings. The Hall–Kier alpha value is -0.498. The third kappa shape index (κ3) is 8.05. The minimum Gasteiger partial charge on any atom is -0.317 e. The first-order valence-electron chi connectivity index (χ1n) is 9.83. The van der Waals surface area contributed by atoms with E-state index in [0.29, 0.717) is 27.2 Å². The van der Waals surface area contributed by atoms with Crippen molar-refractivity contribution in [2.45, 2.75) is 76.9 Å². The zero-order valence-corrected chi connectivity index (χ0v) is 18.1. The Balaban J connectivity index is 0.000000277. The molecule has 0 radical (unpaired) electrons. The third-order valence-corrected chi connectivity index (χ3v) is 7.78. The van der Waals surface area contributed by atoms with Crippen LogP contribution in [0.1, 0.15) is 72.0 Å². The van der Waals surface area contributed by atoms with Gasteiger partial charge in [0.2, 0.25) is 15.2 Å². The Morgan fingerprint density at radius 3 is 2.04 bits per heavy atom. The first kappa shape index (κ1) is 21.5. The first-order chi connectivity index (χ1) is 11.3. The summed E-state index contributed by atoms with van der Waals surface area (Å²) in [4.78, 5) is 14.7. The Morgan fingerprint density at radius 1 is 1.08 bits per heavy atom. The Labute approximate surface area is 154 Å². The average molecular weight is 352 g/mol. The first-order valence-corrected chi connectivity index (χ1v) is 11.8. The van der Waals surface area contributed by atoms with Crippen LogP contribution in [0.5, 0.6) is 0 Å². The van der Waals surface area contributed by atoms with Crippen molar-refractivity contribution in [2.24, 2.45) is 11.8 Å². The van der Waals surface area contributed by atoms with E-state index in [4.69, 9.17) is 0 Å². The Morgan fingerprint density at radius 2 is 1.62 bits per heavy atom. The van der Waals surface area contributed by atoms with Crippen molar-refractivity contribution in [3.63, 3.8) is 0 Å². The van der Waals surface area contributed by atoms with Gasteiger partial charge in [0.1, 0.15) is 0 Å².